The Bertz CT molecular complexity index is 885. The van der Waals surface area contributed by atoms with Gasteiger partial charge in [0.2, 0.25) is 0 Å². The maximum atomic E-state index is 13.8. The monoisotopic (exact) mass is 513 g/mol. The Morgan fingerprint density at radius 3 is 2.27 bits per heavy atom. The van der Waals surface area contributed by atoms with E-state index < -0.39 is 15.3 Å². The Kier molecular flexibility index (Phi) is 8.61. The zero-order chi connectivity index (χ0) is 23.2. The first-order valence-corrected chi connectivity index (χ1v) is 14.7. The quantitative estimate of drug-likeness (QED) is 0.529. The number of hydrogen-bond acceptors (Lipinski definition) is 5. The van der Waals surface area contributed by atoms with Crippen molar-refractivity contribution in [3.05, 3.63) is 60.2 Å². The number of hydrogen-bond donors (Lipinski definition) is 2. The molecule has 0 unspecified atom stereocenters. The molecular formula is C26H36AsN3O3. The third-order valence-corrected chi connectivity index (χ3v) is 8.72. The molecule has 1 atom stereocenters. The van der Waals surface area contributed by atoms with Gasteiger partial charge in [-0.25, -0.2) is 0 Å². The molecule has 0 radical (unpaired) electrons. The molecule has 4 rings (SSSR count). The molecule has 2 aromatic carbocycles. The molecule has 0 aliphatic carbocycles. The van der Waals surface area contributed by atoms with Crippen LogP contribution in [0.25, 0.3) is 0 Å². The molecule has 2 saturated heterocycles. The average Bonchev–Trinajstić information content (AvgIpc) is 3.31. The van der Waals surface area contributed by atoms with Gasteiger partial charge < -0.3 is 0 Å². The molecule has 2 aliphatic heterocycles. The molecule has 6 nitrogen and oxygen atoms in total. The molecule has 178 valence electrons. The zero-order valence-electron chi connectivity index (χ0n) is 19.5. The first kappa shape index (κ1) is 24.4. The number of piperidine rings is 1. The molecule has 2 fully saturated rings. The van der Waals surface area contributed by atoms with E-state index >= 15 is 0 Å². The topological polar surface area (TPSA) is 67.2 Å². The van der Waals surface area contributed by atoms with Crippen LogP contribution in [0.3, 0.4) is 0 Å². The Morgan fingerprint density at radius 1 is 0.970 bits per heavy atom. The summed E-state index contributed by atoms with van der Waals surface area (Å²) >= 11 is -2.90. The summed E-state index contributed by atoms with van der Waals surface area (Å²) in [5, 5.41) is 0. The Balaban J connectivity index is 1.45. The minimum absolute atomic E-state index is 0.00222. The van der Waals surface area contributed by atoms with Crippen LogP contribution in [-0.2, 0) is 11.3 Å². The molecule has 2 heterocycles. The fourth-order valence-corrected chi connectivity index (χ4v) is 5.94. The summed E-state index contributed by atoms with van der Waals surface area (Å²) in [7, 11) is 0. The molecular weight excluding hydrogens is 477 g/mol. The molecule has 7 heteroatoms. The van der Waals surface area contributed by atoms with E-state index in [2.05, 4.69) is 41.0 Å². The summed E-state index contributed by atoms with van der Waals surface area (Å²) in [5.74, 6) is 0.706. The van der Waals surface area contributed by atoms with Crippen LogP contribution < -0.4 is 9.25 Å². The van der Waals surface area contributed by atoms with Crippen molar-refractivity contribution in [2.24, 2.45) is 11.8 Å². The van der Waals surface area contributed by atoms with E-state index in [-0.39, 0.29) is 11.8 Å². The van der Waals surface area contributed by atoms with Crippen LogP contribution in [0.5, 0.6) is 0 Å². The summed E-state index contributed by atoms with van der Waals surface area (Å²) in [6, 6.07) is 17.8. The van der Waals surface area contributed by atoms with Crippen molar-refractivity contribution in [1.29, 1.82) is 0 Å². The molecule has 0 bridgehead atoms. The van der Waals surface area contributed by atoms with Crippen LogP contribution >= 0.6 is 0 Å². The van der Waals surface area contributed by atoms with Gasteiger partial charge in [-0.3, -0.25) is 0 Å². The molecule has 0 spiro atoms. The number of anilines is 1. The van der Waals surface area contributed by atoms with Crippen LogP contribution in [0.15, 0.2) is 54.6 Å². The second-order valence-corrected chi connectivity index (χ2v) is 11.6. The van der Waals surface area contributed by atoms with Crippen molar-refractivity contribution in [2.45, 2.75) is 32.7 Å². The van der Waals surface area contributed by atoms with E-state index in [0.717, 1.165) is 70.8 Å². The van der Waals surface area contributed by atoms with Gasteiger partial charge in [0, 0.05) is 0 Å². The van der Waals surface area contributed by atoms with E-state index in [0.29, 0.717) is 10.3 Å². The van der Waals surface area contributed by atoms with Crippen LogP contribution in [0.1, 0.15) is 31.7 Å². The number of rotatable bonds is 8. The number of nitrogens with zero attached hydrogens (tertiary/aromatic N) is 3. The Labute approximate surface area is 202 Å². The average molecular weight is 514 g/mol. The van der Waals surface area contributed by atoms with Crippen molar-refractivity contribution in [3.63, 3.8) is 0 Å². The van der Waals surface area contributed by atoms with Gasteiger partial charge in [-0.1, -0.05) is 18.2 Å². The van der Waals surface area contributed by atoms with Crippen molar-refractivity contribution in [2.75, 3.05) is 44.2 Å². The molecule has 2 N–H and O–H groups in total. The van der Waals surface area contributed by atoms with Gasteiger partial charge >= 0.3 is 185 Å². The number of benzene rings is 2. The van der Waals surface area contributed by atoms with E-state index in [4.69, 9.17) is 0 Å². The summed E-state index contributed by atoms with van der Waals surface area (Å²) in [5.41, 5.74) is 2.16. The summed E-state index contributed by atoms with van der Waals surface area (Å²) < 4.78 is 19.8. The number of likely N-dealkylation sites (tertiary alicyclic amines) is 2. The second-order valence-electron chi connectivity index (χ2n) is 9.34. The van der Waals surface area contributed by atoms with E-state index in [1.54, 1.807) is 12.1 Å². The molecule has 2 aromatic rings. The van der Waals surface area contributed by atoms with Gasteiger partial charge in [0.05, 0.1) is 0 Å². The molecule has 0 saturated carbocycles. The predicted molar refractivity (Wildman–Crippen MR) is 133 cm³/mol. The number of carbonyl (C=O) groups excluding carboxylic acids is 1. The summed E-state index contributed by atoms with van der Waals surface area (Å²) in [6.07, 6.45) is 3.11. The van der Waals surface area contributed by atoms with Crippen LogP contribution in [0, 0.1) is 11.8 Å². The Hall–Kier alpha value is -1.69. The van der Waals surface area contributed by atoms with Crippen LogP contribution in [0.4, 0.5) is 5.69 Å². The predicted octanol–water partition coefficient (Wildman–Crippen LogP) is 1.95. The van der Waals surface area contributed by atoms with Gasteiger partial charge in [-0.15, -0.1) is 0 Å². The third-order valence-electron chi connectivity index (χ3n) is 7.12. The van der Waals surface area contributed by atoms with Crippen molar-refractivity contribution >= 4 is 31.3 Å². The fourth-order valence-electron chi connectivity index (χ4n) is 5.07. The van der Waals surface area contributed by atoms with Gasteiger partial charge in [0.1, 0.15) is 0 Å². The second kappa shape index (κ2) is 11.6. The van der Waals surface area contributed by atoms with Crippen LogP contribution in [-0.4, -0.2) is 78.5 Å². The van der Waals surface area contributed by atoms with Gasteiger partial charge in [-0.05, 0) is 0 Å². The van der Waals surface area contributed by atoms with Gasteiger partial charge in [0.25, 0.3) is 0 Å². The van der Waals surface area contributed by atoms with Crippen LogP contribution in [0.2, 0.25) is 0 Å². The zero-order valence-corrected chi connectivity index (χ0v) is 21.4. The van der Waals surface area contributed by atoms with Crippen molar-refractivity contribution in [3.8, 4) is 0 Å². The maximum absolute atomic E-state index is 13.8. The molecule has 1 amide bonds. The van der Waals surface area contributed by atoms with Crippen molar-refractivity contribution < 1.29 is 13.0 Å². The first-order chi connectivity index (χ1) is 16.0. The summed E-state index contributed by atoms with van der Waals surface area (Å²) in [4.78, 5) is 20.6. The third kappa shape index (κ3) is 6.46. The Morgan fingerprint density at radius 2 is 1.64 bits per heavy atom. The first-order valence-electron chi connectivity index (χ1n) is 12.1. The molecule has 33 heavy (non-hydrogen) atoms. The van der Waals surface area contributed by atoms with Crippen molar-refractivity contribution in [1.82, 2.24) is 9.80 Å². The van der Waals surface area contributed by atoms with E-state index in [1.807, 2.05) is 23.1 Å². The normalized spacial score (nSPS) is 20.4. The standard InChI is InChI=1S/C26H36AsN3O3/c1-2-28-15-12-22(13-16-28)19-30(25-10-8-24(9-11-25)27(32)33)26(31)23-14-17-29(20-23)18-21-6-4-3-5-7-21/h3-11,22-23,32-33H,2,12-20H2,1H3/t23-/m0/s1. The van der Waals surface area contributed by atoms with Gasteiger partial charge in [0.15, 0.2) is 0 Å². The van der Waals surface area contributed by atoms with E-state index in [1.165, 1.54) is 5.56 Å². The number of carbonyl (C=O) groups is 1. The summed E-state index contributed by atoms with van der Waals surface area (Å²) in [6.45, 7) is 8.84. The number of amides is 1. The SMILES string of the molecule is CCN1CCC(CN(C(=O)[C@H]2CCN(Cc3ccccc3)C2)c2ccc([As](O)O)cc2)CC1. The fraction of sp³-hybridized carbons (Fsp3) is 0.500. The molecule has 0 aromatic heterocycles. The van der Waals surface area contributed by atoms with E-state index in [9.17, 15) is 13.0 Å². The minimum atomic E-state index is -2.90. The van der Waals surface area contributed by atoms with Gasteiger partial charge in [-0.2, -0.15) is 0 Å². The molecule has 2 aliphatic rings.